The van der Waals surface area contributed by atoms with Gasteiger partial charge in [0.05, 0.1) is 21.5 Å². The fraction of sp³-hybridized carbons (Fsp3) is 0.143. The van der Waals surface area contributed by atoms with Crippen molar-refractivity contribution in [2.45, 2.75) is 17.6 Å². The van der Waals surface area contributed by atoms with Gasteiger partial charge in [-0.2, -0.15) is 0 Å². The zero-order valence-electron chi connectivity index (χ0n) is 11.2. The highest BCUT2D eigenvalue weighted by atomic mass is 79.9. The van der Waals surface area contributed by atoms with E-state index in [0.29, 0.717) is 10.2 Å². The molecule has 0 saturated heterocycles. The Kier molecular flexibility index (Phi) is 4.74. The Bertz CT molecular complexity index is 734. The molecule has 0 saturated carbocycles. The van der Waals surface area contributed by atoms with E-state index in [1.165, 1.54) is 12.1 Å². The molecule has 0 aromatic heterocycles. The summed E-state index contributed by atoms with van der Waals surface area (Å²) < 4.78 is 13.0. The molecular formula is C14H13BrN2O3S. The lowest BCUT2D eigenvalue weighted by molar-refractivity contribution is -0.384. The molecule has 110 valence electrons. The number of nitro benzene ring substituents is 1. The topological polar surface area (TPSA) is 86.2 Å². The maximum Gasteiger partial charge on any atom is 0.270 e. The van der Waals surface area contributed by atoms with Gasteiger partial charge in [-0.25, -0.2) is 0 Å². The van der Waals surface area contributed by atoms with Gasteiger partial charge in [0.25, 0.3) is 5.69 Å². The van der Waals surface area contributed by atoms with Crippen LogP contribution in [0.25, 0.3) is 0 Å². The van der Waals surface area contributed by atoms with Crippen LogP contribution in [0.5, 0.6) is 0 Å². The van der Waals surface area contributed by atoms with Crippen molar-refractivity contribution < 1.29 is 9.13 Å². The standard InChI is InChI=1S/C14H13BrN2O3S/c1-9-6-11(16)3-5-14(9)21(20)8-10-2-4-12(17(18)19)7-13(10)15/h2-7H,8,16H2,1H3. The molecule has 2 aromatic rings. The molecule has 0 aliphatic heterocycles. The van der Waals surface area contributed by atoms with E-state index < -0.39 is 15.7 Å². The third-order valence-electron chi connectivity index (χ3n) is 2.98. The van der Waals surface area contributed by atoms with Crippen LogP contribution in [0.3, 0.4) is 0 Å². The fourth-order valence-corrected chi connectivity index (χ4v) is 3.93. The number of nitro groups is 1. The van der Waals surface area contributed by atoms with Gasteiger partial charge in [-0.15, -0.1) is 0 Å². The molecule has 5 nitrogen and oxygen atoms in total. The second-order valence-electron chi connectivity index (χ2n) is 4.55. The van der Waals surface area contributed by atoms with Crippen LogP contribution in [0.15, 0.2) is 45.8 Å². The monoisotopic (exact) mass is 368 g/mol. The maximum absolute atomic E-state index is 12.4. The van der Waals surface area contributed by atoms with E-state index in [1.807, 2.05) is 6.92 Å². The van der Waals surface area contributed by atoms with E-state index in [2.05, 4.69) is 15.9 Å². The summed E-state index contributed by atoms with van der Waals surface area (Å²) in [6.07, 6.45) is 0. The first-order chi connectivity index (χ1) is 9.88. The normalized spacial score (nSPS) is 12.1. The van der Waals surface area contributed by atoms with Gasteiger partial charge in [-0.3, -0.25) is 14.3 Å². The van der Waals surface area contributed by atoms with E-state index in [4.69, 9.17) is 5.73 Å². The molecule has 2 aromatic carbocycles. The van der Waals surface area contributed by atoms with Gasteiger partial charge in [-0.05, 0) is 36.2 Å². The first kappa shape index (κ1) is 15.7. The summed E-state index contributed by atoms with van der Waals surface area (Å²) in [6.45, 7) is 1.86. The fourth-order valence-electron chi connectivity index (χ4n) is 1.91. The summed E-state index contributed by atoms with van der Waals surface area (Å²) in [4.78, 5) is 11.0. The van der Waals surface area contributed by atoms with E-state index in [1.54, 1.807) is 24.3 Å². The molecule has 0 heterocycles. The van der Waals surface area contributed by atoms with Crippen LogP contribution >= 0.6 is 15.9 Å². The molecule has 0 spiro atoms. The van der Waals surface area contributed by atoms with Crippen molar-refractivity contribution in [3.63, 3.8) is 0 Å². The van der Waals surface area contributed by atoms with Gasteiger partial charge in [-0.1, -0.05) is 22.0 Å². The molecule has 0 radical (unpaired) electrons. The van der Waals surface area contributed by atoms with Crippen molar-refractivity contribution in [2.24, 2.45) is 0 Å². The van der Waals surface area contributed by atoms with Crippen molar-refractivity contribution in [2.75, 3.05) is 5.73 Å². The van der Waals surface area contributed by atoms with E-state index in [9.17, 15) is 14.3 Å². The Labute approximate surface area is 132 Å². The Morgan fingerprint density at radius 1 is 1.29 bits per heavy atom. The number of halogens is 1. The first-order valence-electron chi connectivity index (χ1n) is 6.06. The smallest absolute Gasteiger partial charge is 0.270 e. The second-order valence-corrected chi connectivity index (χ2v) is 6.82. The van der Waals surface area contributed by atoms with Crippen molar-refractivity contribution in [3.05, 3.63) is 62.1 Å². The molecule has 7 heteroatoms. The summed E-state index contributed by atoms with van der Waals surface area (Å²) in [5, 5.41) is 10.7. The summed E-state index contributed by atoms with van der Waals surface area (Å²) >= 11 is 3.29. The predicted molar refractivity (Wildman–Crippen MR) is 86.5 cm³/mol. The van der Waals surface area contributed by atoms with Crippen LogP contribution in [-0.4, -0.2) is 9.13 Å². The van der Waals surface area contributed by atoms with E-state index in [0.717, 1.165) is 16.0 Å². The van der Waals surface area contributed by atoms with Gasteiger partial charge in [0, 0.05) is 27.2 Å². The summed E-state index contributed by atoms with van der Waals surface area (Å²) in [7, 11) is -1.24. The summed E-state index contributed by atoms with van der Waals surface area (Å²) in [6, 6.07) is 9.69. The van der Waals surface area contributed by atoms with Crippen LogP contribution < -0.4 is 5.73 Å². The second kappa shape index (κ2) is 6.36. The van der Waals surface area contributed by atoms with Crippen molar-refractivity contribution in [1.82, 2.24) is 0 Å². The van der Waals surface area contributed by atoms with Crippen molar-refractivity contribution >= 4 is 38.1 Å². The zero-order valence-corrected chi connectivity index (χ0v) is 13.6. The average Bonchev–Trinajstić information content (AvgIpc) is 2.40. The molecular weight excluding hydrogens is 356 g/mol. The van der Waals surface area contributed by atoms with Crippen LogP contribution in [0, 0.1) is 17.0 Å². The lowest BCUT2D eigenvalue weighted by Gasteiger charge is -2.08. The third kappa shape index (κ3) is 3.68. The number of nitrogens with zero attached hydrogens (tertiary/aromatic N) is 1. The van der Waals surface area contributed by atoms with Crippen LogP contribution in [0.2, 0.25) is 0 Å². The number of rotatable bonds is 4. The number of non-ortho nitro benzene ring substituents is 1. The lowest BCUT2D eigenvalue weighted by Crippen LogP contribution is -2.01. The molecule has 0 bridgehead atoms. The highest BCUT2D eigenvalue weighted by Gasteiger charge is 2.13. The molecule has 0 aliphatic rings. The quantitative estimate of drug-likeness (QED) is 0.507. The summed E-state index contributed by atoms with van der Waals surface area (Å²) in [5.41, 5.74) is 7.93. The molecule has 0 amide bonds. The molecule has 2 rings (SSSR count). The molecule has 0 fully saturated rings. The molecule has 1 atom stereocenters. The number of aryl methyl sites for hydroxylation is 1. The minimum Gasteiger partial charge on any atom is -0.399 e. The van der Waals surface area contributed by atoms with Crippen LogP contribution in [0.4, 0.5) is 11.4 Å². The molecule has 0 aliphatic carbocycles. The predicted octanol–water partition coefficient (Wildman–Crippen LogP) is 3.56. The van der Waals surface area contributed by atoms with Gasteiger partial charge < -0.3 is 5.73 Å². The number of anilines is 1. The highest BCUT2D eigenvalue weighted by Crippen LogP contribution is 2.26. The SMILES string of the molecule is Cc1cc(N)ccc1S(=O)Cc1ccc([N+](=O)[O-])cc1Br. The van der Waals surface area contributed by atoms with Gasteiger partial charge in [0.2, 0.25) is 0 Å². The van der Waals surface area contributed by atoms with Crippen LogP contribution in [-0.2, 0) is 16.6 Å². The Morgan fingerprint density at radius 3 is 2.57 bits per heavy atom. The van der Waals surface area contributed by atoms with Crippen molar-refractivity contribution in [3.8, 4) is 0 Å². The lowest BCUT2D eigenvalue weighted by atomic mass is 10.2. The number of hydrogen-bond acceptors (Lipinski definition) is 4. The minimum atomic E-state index is -1.24. The van der Waals surface area contributed by atoms with Gasteiger partial charge >= 0.3 is 0 Å². The van der Waals surface area contributed by atoms with Gasteiger partial charge in [0.1, 0.15) is 0 Å². The number of nitrogen functional groups attached to an aromatic ring is 1. The Morgan fingerprint density at radius 2 is 2.00 bits per heavy atom. The van der Waals surface area contributed by atoms with E-state index >= 15 is 0 Å². The molecule has 2 N–H and O–H groups in total. The molecule has 1 unspecified atom stereocenters. The van der Waals surface area contributed by atoms with Crippen molar-refractivity contribution in [1.29, 1.82) is 0 Å². The Balaban J connectivity index is 2.25. The number of nitrogens with two attached hydrogens (primary N) is 1. The number of benzene rings is 2. The van der Waals surface area contributed by atoms with Gasteiger partial charge in [0.15, 0.2) is 0 Å². The maximum atomic E-state index is 12.4. The largest absolute Gasteiger partial charge is 0.399 e. The zero-order chi connectivity index (χ0) is 15.6. The Hall–Kier alpha value is -1.73. The minimum absolute atomic E-state index is 0.0000672. The molecule has 21 heavy (non-hydrogen) atoms. The first-order valence-corrected chi connectivity index (χ1v) is 8.17. The summed E-state index contributed by atoms with van der Waals surface area (Å²) in [5.74, 6) is 0.281. The average molecular weight is 369 g/mol. The van der Waals surface area contributed by atoms with Crippen LogP contribution in [0.1, 0.15) is 11.1 Å². The third-order valence-corrected chi connectivity index (χ3v) is 5.24. The highest BCUT2D eigenvalue weighted by molar-refractivity contribution is 9.10. The number of hydrogen-bond donors (Lipinski definition) is 1. The van der Waals surface area contributed by atoms with E-state index in [-0.39, 0.29) is 11.4 Å².